The molecule has 0 amide bonds. The fourth-order valence-corrected chi connectivity index (χ4v) is 3.40. The van der Waals surface area contributed by atoms with Crippen LogP contribution in [-0.4, -0.2) is 30.3 Å². The van der Waals surface area contributed by atoms with Crippen molar-refractivity contribution in [1.82, 2.24) is 19.3 Å². The van der Waals surface area contributed by atoms with Gasteiger partial charge in [-0.15, -0.1) is 0 Å². The lowest BCUT2D eigenvalue weighted by atomic mass is 10.4. The molecule has 0 radical (unpaired) electrons. The molecule has 6 heteroatoms. The van der Waals surface area contributed by atoms with Crippen LogP contribution in [0.3, 0.4) is 0 Å². The van der Waals surface area contributed by atoms with Crippen molar-refractivity contribution in [2.45, 2.75) is 31.1 Å². The molecular weight excluding hydrogens is 252 g/mol. The Labute approximate surface area is 109 Å². The normalized spacial score (nSPS) is 17.8. The highest BCUT2D eigenvalue weighted by molar-refractivity contribution is 8.00. The maximum absolute atomic E-state index is 5.43. The third-order valence-electron chi connectivity index (χ3n) is 3.61. The van der Waals surface area contributed by atoms with Crippen LogP contribution >= 0.6 is 24.0 Å². The standard InChI is InChI=1S/C11H16N4S2/c1-7-8-9(14(2)13-7)15(10(16)12-8)6-11(17-3)4-5-11/h4-6H2,1-3H3,(H,12,16). The van der Waals surface area contributed by atoms with Crippen LogP contribution < -0.4 is 0 Å². The first-order chi connectivity index (χ1) is 8.06. The van der Waals surface area contributed by atoms with E-state index in [1.54, 1.807) is 0 Å². The van der Waals surface area contributed by atoms with Gasteiger partial charge in [0, 0.05) is 18.3 Å². The molecular formula is C11H16N4S2. The van der Waals surface area contributed by atoms with Crippen molar-refractivity contribution >= 4 is 35.1 Å². The van der Waals surface area contributed by atoms with E-state index in [9.17, 15) is 0 Å². The maximum Gasteiger partial charge on any atom is 0.179 e. The second-order valence-corrected chi connectivity index (χ2v) is 6.47. The number of imidazole rings is 1. The third-order valence-corrected chi connectivity index (χ3v) is 5.34. The van der Waals surface area contributed by atoms with Gasteiger partial charge >= 0.3 is 0 Å². The van der Waals surface area contributed by atoms with Crippen molar-refractivity contribution in [1.29, 1.82) is 0 Å². The van der Waals surface area contributed by atoms with E-state index in [-0.39, 0.29) is 0 Å². The number of hydrogen-bond donors (Lipinski definition) is 1. The van der Waals surface area contributed by atoms with Crippen molar-refractivity contribution in [3.05, 3.63) is 10.5 Å². The summed E-state index contributed by atoms with van der Waals surface area (Å²) in [5, 5.41) is 4.44. The second kappa shape index (κ2) is 3.62. The van der Waals surface area contributed by atoms with Gasteiger partial charge in [0.05, 0.1) is 5.69 Å². The third kappa shape index (κ3) is 1.65. The van der Waals surface area contributed by atoms with Crippen LogP contribution in [0.4, 0.5) is 0 Å². The first-order valence-corrected chi connectivity index (χ1v) is 7.37. The molecule has 1 aliphatic carbocycles. The smallest absolute Gasteiger partial charge is 0.179 e. The molecule has 0 atom stereocenters. The minimum absolute atomic E-state index is 0.408. The van der Waals surface area contributed by atoms with Crippen LogP contribution in [0.5, 0.6) is 0 Å². The second-order valence-electron chi connectivity index (χ2n) is 4.81. The molecule has 0 bridgehead atoms. The summed E-state index contributed by atoms with van der Waals surface area (Å²) in [5.41, 5.74) is 3.21. The number of thioether (sulfide) groups is 1. The van der Waals surface area contributed by atoms with Crippen molar-refractivity contribution in [3.63, 3.8) is 0 Å². The Morgan fingerprint density at radius 1 is 1.53 bits per heavy atom. The van der Waals surface area contributed by atoms with E-state index in [0.717, 1.165) is 28.2 Å². The Morgan fingerprint density at radius 2 is 2.24 bits per heavy atom. The SMILES string of the molecule is CSC1(Cn2c(=S)[nH]c3c(C)nn(C)c32)CC1. The molecule has 1 saturated carbocycles. The summed E-state index contributed by atoms with van der Waals surface area (Å²) in [6.45, 7) is 3.01. The fourth-order valence-electron chi connectivity index (χ4n) is 2.37. The zero-order valence-corrected chi connectivity index (χ0v) is 11.9. The molecule has 1 N–H and O–H groups in total. The van der Waals surface area contributed by atoms with Crippen LogP contribution in [0, 0.1) is 11.7 Å². The van der Waals surface area contributed by atoms with E-state index in [4.69, 9.17) is 12.2 Å². The molecule has 1 fully saturated rings. The van der Waals surface area contributed by atoms with E-state index < -0.39 is 0 Å². The summed E-state index contributed by atoms with van der Waals surface area (Å²) in [5.74, 6) is 0. The maximum atomic E-state index is 5.43. The molecule has 0 spiro atoms. The van der Waals surface area contributed by atoms with Gasteiger partial charge in [-0.05, 0) is 38.2 Å². The van der Waals surface area contributed by atoms with Gasteiger partial charge in [0.1, 0.15) is 5.52 Å². The first-order valence-electron chi connectivity index (χ1n) is 5.74. The van der Waals surface area contributed by atoms with Crippen molar-refractivity contribution in [2.24, 2.45) is 7.05 Å². The van der Waals surface area contributed by atoms with E-state index in [0.29, 0.717) is 4.75 Å². The van der Waals surface area contributed by atoms with Crippen LogP contribution in [0.25, 0.3) is 11.2 Å². The van der Waals surface area contributed by atoms with E-state index in [1.165, 1.54) is 12.8 Å². The molecule has 92 valence electrons. The van der Waals surface area contributed by atoms with Gasteiger partial charge in [-0.1, -0.05) is 0 Å². The van der Waals surface area contributed by atoms with Crippen LogP contribution in [0.1, 0.15) is 18.5 Å². The van der Waals surface area contributed by atoms with Gasteiger partial charge in [-0.3, -0.25) is 4.68 Å². The van der Waals surface area contributed by atoms with Gasteiger partial charge in [0.2, 0.25) is 0 Å². The zero-order chi connectivity index (χ0) is 12.2. The molecule has 0 aliphatic heterocycles. The lowest BCUT2D eigenvalue weighted by Gasteiger charge is -2.13. The predicted octanol–water partition coefficient (Wildman–Crippen LogP) is 2.64. The Kier molecular flexibility index (Phi) is 2.42. The van der Waals surface area contributed by atoms with Gasteiger partial charge in [-0.2, -0.15) is 16.9 Å². The average molecular weight is 268 g/mol. The summed E-state index contributed by atoms with van der Waals surface area (Å²) in [6, 6.07) is 0. The highest BCUT2D eigenvalue weighted by Gasteiger charge is 2.42. The molecule has 3 rings (SSSR count). The molecule has 4 nitrogen and oxygen atoms in total. The fraction of sp³-hybridized carbons (Fsp3) is 0.636. The predicted molar refractivity (Wildman–Crippen MR) is 74.1 cm³/mol. The molecule has 0 saturated heterocycles. The van der Waals surface area contributed by atoms with E-state index in [2.05, 4.69) is 20.9 Å². The number of H-pyrrole nitrogens is 1. The number of hydrogen-bond acceptors (Lipinski definition) is 3. The van der Waals surface area contributed by atoms with Crippen molar-refractivity contribution < 1.29 is 0 Å². The Hall–Kier alpha value is -0.750. The summed E-state index contributed by atoms with van der Waals surface area (Å²) < 4.78 is 5.35. The van der Waals surface area contributed by atoms with Crippen molar-refractivity contribution in [2.75, 3.05) is 6.26 Å². The molecule has 2 aromatic rings. The number of aryl methyl sites for hydroxylation is 2. The zero-order valence-electron chi connectivity index (χ0n) is 10.3. The minimum atomic E-state index is 0.408. The highest BCUT2D eigenvalue weighted by Crippen LogP contribution is 2.48. The monoisotopic (exact) mass is 268 g/mol. The number of rotatable bonds is 3. The number of aromatic amines is 1. The summed E-state index contributed by atoms with van der Waals surface area (Å²) in [6.07, 6.45) is 4.77. The molecule has 2 aromatic heterocycles. The number of aromatic nitrogens is 4. The number of fused-ring (bicyclic) bond motifs is 1. The lowest BCUT2D eigenvalue weighted by molar-refractivity contribution is 0.639. The highest BCUT2D eigenvalue weighted by atomic mass is 32.2. The molecule has 0 aromatic carbocycles. The van der Waals surface area contributed by atoms with Crippen LogP contribution in [0.2, 0.25) is 0 Å². The Morgan fingerprint density at radius 3 is 2.82 bits per heavy atom. The molecule has 0 unspecified atom stereocenters. The Balaban J connectivity index is 2.15. The Bertz CT molecular complexity index is 630. The summed E-state index contributed by atoms with van der Waals surface area (Å²) in [7, 11) is 1.98. The van der Waals surface area contributed by atoms with Crippen LogP contribution in [0.15, 0.2) is 0 Å². The minimum Gasteiger partial charge on any atom is -0.328 e. The topological polar surface area (TPSA) is 38.5 Å². The summed E-state index contributed by atoms with van der Waals surface area (Å²) >= 11 is 7.38. The molecule has 17 heavy (non-hydrogen) atoms. The number of nitrogens with one attached hydrogen (secondary N) is 1. The lowest BCUT2D eigenvalue weighted by Crippen LogP contribution is -2.15. The van der Waals surface area contributed by atoms with Crippen LogP contribution in [-0.2, 0) is 13.6 Å². The van der Waals surface area contributed by atoms with E-state index in [1.807, 2.05) is 30.4 Å². The van der Waals surface area contributed by atoms with Gasteiger partial charge in [0.25, 0.3) is 0 Å². The van der Waals surface area contributed by atoms with Gasteiger partial charge in [0.15, 0.2) is 10.4 Å². The first kappa shape index (κ1) is 11.3. The van der Waals surface area contributed by atoms with Gasteiger partial charge in [-0.25, -0.2) is 0 Å². The summed E-state index contributed by atoms with van der Waals surface area (Å²) in [4.78, 5) is 3.28. The van der Waals surface area contributed by atoms with Gasteiger partial charge < -0.3 is 9.55 Å². The largest absolute Gasteiger partial charge is 0.328 e. The molecule has 2 heterocycles. The van der Waals surface area contributed by atoms with Crippen molar-refractivity contribution in [3.8, 4) is 0 Å². The molecule has 1 aliphatic rings. The number of nitrogens with zero attached hydrogens (tertiary/aromatic N) is 3. The average Bonchev–Trinajstić information content (AvgIpc) is 2.92. The van der Waals surface area contributed by atoms with E-state index >= 15 is 0 Å². The quantitative estimate of drug-likeness (QED) is 0.870.